The smallest absolute Gasteiger partial charge is 0.339 e. The average molecular weight is 330 g/mol. The van der Waals surface area contributed by atoms with Crippen LogP contribution in [0.5, 0.6) is 0 Å². The SMILES string of the molecule is C=C1N[C@@]2([C@@H](O)[C@H]3CCCC(O)C3)C(=O)O[C@@]2(C)[C@H]1CCCl. The number of carbonyl (C=O) groups is 1. The van der Waals surface area contributed by atoms with Crippen LogP contribution in [0, 0.1) is 11.8 Å². The first-order chi connectivity index (χ1) is 10.4. The van der Waals surface area contributed by atoms with Gasteiger partial charge in [0, 0.05) is 17.5 Å². The van der Waals surface area contributed by atoms with E-state index in [1.807, 2.05) is 6.92 Å². The highest BCUT2D eigenvalue weighted by molar-refractivity contribution is 6.17. The van der Waals surface area contributed by atoms with Gasteiger partial charge in [-0.3, -0.25) is 0 Å². The highest BCUT2D eigenvalue weighted by Crippen LogP contribution is 2.56. The molecule has 1 unspecified atom stereocenters. The van der Waals surface area contributed by atoms with Crippen molar-refractivity contribution in [3.63, 3.8) is 0 Å². The van der Waals surface area contributed by atoms with Crippen molar-refractivity contribution < 1.29 is 19.7 Å². The Kier molecular flexibility index (Phi) is 3.94. The van der Waals surface area contributed by atoms with Gasteiger partial charge in [-0.1, -0.05) is 13.0 Å². The Balaban J connectivity index is 1.89. The standard InChI is InChI=1S/C16H24ClNO4/c1-9-12(6-7-17)15(2)16(18-9,14(21)22-15)13(20)10-4-3-5-11(19)8-10/h10-13,18-20H,1,3-8H2,2H3/t10-,11?,12-,13-,15-,16-/m0/s1. The third kappa shape index (κ3) is 1.95. The van der Waals surface area contributed by atoms with Crippen LogP contribution in [0.3, 0.4) is 0 Å². The number of carbonyl (C=O) groups excluding carboxylic acids is 1. The molecule has 6 heteroatoms. The molecule has 2 aliphatic heterocycles. The van der Waals surface area contributed by atoms with E-state index in [-0.39, 0.29) is 11.8 Å². The van der Waals surface area contributed by atoms with Crippen molar-refractivity contribution >= 4 is 17.6 Å². The highest BCUT2D eigenvalue weighted by atomic mass is 35.5. The van der Waals surface area contributed by atoms with Gasteiger partial charge in [0.25, 0.3) is 0 Å². The fourth-order valence-electron chi connectivity index (χ4n) is 4.59. The Bertz CT molecular complexity index is 499. The highest BCUT2D eigenvalue weighted by Gasteiger charge is 2.77. The fraction of sp³-hybridized carbons (Fsp3) is 0.812. The average Bonchev–Trinajstić information content (AvgIpc) is 2.65. The van der Waals surface area contributed by atoms with E-state index in [9.17, 15) is 15.0 Å². The maximum absolute atomic E-state index is 12.3. The van der Waals surface area contributed by atoms with Crippen LogP contribution in [0.15, 0.2) is 12.3 Å². The van der Waals surface area contributed by atoms with E-state index in [1.54, 1.807) is 0 Å². The summed E-state index contributed by atoms with van der Waals surface area (Å²) in [5.41, 5.74) is -1.27. The minimum Gasteiger partial charge on any atom is -0.453 e. The van der Waals surface area contributed by atoms with E-state index in [4.69, 9.17) is 16.3 Å². The quantitative estimate of drug-likeness (QED) is 0.535. The van der Waals surface area contributed by atoms with Gasteiger partial charge < -0.3 is 20.3 Å². The van der Waals surface area contributed by atoms with Gasteiger partial charge in [0.1, 0.15) is 0 Å². The van der Waals surface area contributed by atoms with E-state index < -0.39 is 29.3 Å². The third-order valence-corrected chi connectivity index (χ3v) is 6.05. The maximum atomic E-state index is 12.3. The normalized spacial score (nSPS) is 45.5. The second kappa shape index (κ2) is 5.39. The number of aliphatic hydroxyl groups excluding tert-OH is 2. The number of alkyl halides is 1. The fourth-order valence-corrected chi connectivity index (χ4v) is 4.81. The molecule has 124 valence electrons. The van der Waals surface area contributed by atoms with Gasteiger partial charge in [-0.15, -0.1) is 11.6 Å². The van der Waals surface area contributed by atoms with Gasteiger partial charge in [0.05, 0.1) is 12.2 Å². The van der Waals surface area contributed by atoms with Crippen molar-refractivity contribution in [3.05, 3.63) is 12.3 Å². The summed E-state index contributed by atoms with van der Waals surface area (Å²) in [4.78, 5) is 12.3. The lowest BCUT2D eigenvalue weighted by Gasteiger charge is -2.55. The van der Waals surface area contributed by atoms with E-state index in [1.165, 1.54) is 0 Å². The molecule has 0 radical (unpaired) electrons. The molecule has 2 saturated heterocycles. The number of aliphatic hydroxyl groups is 2. The predicted molar refractivity (Wildman–Crippen MR) is 82.3 cm³/mol. The van der Waals surface area contributed by atoms with Crippen molar-refractivity contribution in [2.75, 3.05) is 5.88 Å². The first-order valence-electron chi connectivity index (χ1n) is 7.99. The summed E-state index contributed by atoms with van der Waals surface area (Å²) in [5.74, 6) is -0.218. The van der Waals surface area contributed by atoms with E-state index >= 15 is 0 Å². The zero-order valence-corrected chi connectivity index (χ0v) is 13.6. The number of halogens is 1. The summed E-state index contributed by atoms with van der Waals surface area (Å²) >= 11 is 5.87. The van der Waals surface area contributed by atoms with E-state index in [0.717, 1.165) is 19.3 Å². The number of ether oxygens (including phenoxy) is 1. The zero-order valence-electron chi connectivity index (χ0n) is 12.8. The maximum Gasteiger partial charge on any atom is 0.339 e. The molecular formula is C16H24ClNO4. The lowest BCUT2D eigenvalue weighted by molar-refractivity contribution is -0.240. The van der Waals surface area contributed by atoms with Crippen molar-refractivity contribution in [2.45, 2.75) is 62.4 Å². The number of fused-ring (bicyclic) bond motifs is 1. The Morgan fingerprint density at radius 2 is 2.27 bits per heavy atom. The molecule has 3 N–H and O–H groups in total. The molecule has 6 atom stereocenters. The van der Waals surface area contributed by atoms with Crippen LogP contribution < -0.4 is 5.32 Å². The summed E-state index contributed by atoms with van der Waals surface area (Å²) in [7, 11) is 0. The first-order valence-corrected chi connectivity index (χ1v) is 8.52. The molecule has 1 saturated carbocycles. The lowest BCUT2D eigenvalue weighted by Crippen LogP contribution is -2.80. The first kappa shape index (κ1) is 16.1. The number of esters is 1. The largest absolute Gasteiger partial charge is 0.453 e. The zero-order chi connectivity index (χ0) is 16.1. The van der Waals surface area contributed by atoms with Crippen LogP contribution in [0.2, 0.25) is 0 Å². The van der Waals surface area contributed by atoms with Crippen LogP contribution in [0.1, 0.15) is 39.0 Å². The molecule has 5 nitrogen and oxygen atoms in total. The third-order valence-electron chi connectivity index (χ3n) is 5.83. The van der Waals surface area contributed by atoms with Gasteiger partial charge in [0.2, 0.25) is 5.54 Å². The minimum absolute atomic E-state index is 0.106. The van der Waals surface area contributed by atoms with Crippen LogP contribution in [-0.4, -0.2) is 45.4 Å². The number of nitrogens with one attached hydrogen (secondary N) is 1. The lowest BCUT2D eigenvalue weighted by atomic mass is 9.63. The molecule has 0 aromatic rings. The molecule has 0 spiro atoms. The predicted octanol–water partition coefficient (Wildman–Crippen LogP) is 1.31. The van der Waals surface area contributed by atoms with Crippen LogP contribution in [0.4, 0.5) is 0 Å². The molecule has 3 rings (SSSR count). The van der Waals surface area contributed by atoms with E-state index in [0.29, 0.717) is 24.4 Å². The van der Waals surface area contributed by atoms with Crippen molar-refractivity contribution in [3.8, 4) is 0 Å². The number of hydrogen-bond acceptors (Lipinski definition) is 5. The molecule has 1 aliphatic carbocycles. The molecule has 0 aromatic carbocycles. The summed E-state index contributed by atoms with van der Waals surface area (Å²) in [6.07, 6.45) is 2.27. The molecule has 22 heavy (non-hydrogen) atoms. The Morgan fingerprint density at radius 3 is 2.86 bits per heavy atom. The van der Waals surface area contributed by atoms with Crippen molar-refractivity contribution in [1.82, 2.24) is 5.32 Å². The molecule has 0 bridgehead atoms. The second-order valence-electron chi connectivity index (χ2n) is 7.01. The minimum atomic E-state index is -1.15. The van der Waals surface area contributed by atoms with Crippen molar-refractivity contribution in [2.24, 2.45) is 11.8 Å². The summed E-state index contributed by atoms with van der Waals surface area (Å²) in [6.45, 7) is 5.85. The van der Waals surface area contributed by atoms with Gasteiger partial charge >= 0.3 is 5.97 Å². The van der Waals surface area contributed by atoms with Gasteiger partial charge in [-0.25, -0.2) is 4.79 Å². The van der Waals surface area contributed by atoms with Gasteiger partial charge in [0.15, 0.2) is 5.60 Å². The molecule has 2 heterocycles. The Hall–Kier alpha value is -0.780. The van der Waals surface area contributed by atoms with Crippen LogP contribution >= 0.6 is 11.6 Å². The summed E-state index contributed by atoms with van der Waals surface area (Å²) < 4.78 is 5.48. The molecule has 3 fully saturated rings. The molecule has 0 aromatic heterocycles. The summed E-state index contributed by atoms with van der Waals surface area (Å²) in [6, 6.07) is 0. The second-order valence-corrected chi connectivity index (χ2v) is 7.39. The van der Waals surface area contributed by atoms with Crippen LogP contribution in [0.25, 0.3) is 0 Å². The monoisotopic (exact) mass is 329 g/mol. The molecule has 0 amide bonds. The van der Waals surface area contributed by atoms with Crippen molar-refractivity contribution in [1.29, 1.82) is 0 Å². The Labute approximate surface area is 135 Å². The van der Waals surface area contributed by atoms with Crippen LogP contribution in [-0.2, 0) is 9.53 Å². The number of hydrogen-bond donors (Lipinski definition) is 3. The summed E-state index contributed by atoms with van der Waals surface area (Å²) in [5, 5.41) is 24.0. The van der Waals surface area contributed by atoms with E-state index in [2.05, 4.69) is 11.9 Å². The van der Waals surface area contributed by atoms with Gasteiger partial charge in [-0.05, 0) is 38.5 Å². The molecular weight excluding hydrogens is 306 g/mol. The topological polar surface area (TPSA) is 78.8 Å². The van der Waals surface area contributed by atoms with Gasteiger partial charge in [-0.2, -0.15) is 0 Å². The molecule has 3 aliphatic rings. The Morgan fingerprint density at radius 1 is 1.55 bits per heavy atom. The number of rotatable bonds is 4.